The predicted molar refractivity (Wildman–Crippen MR) is 83.5 cm³/mol. The molecule has 0 unspecified atom stereocenters. The largest absolute Gasteiger partial charge is 0.339 e. The Labute approximate surface area is 139 Å². The van der Waals surface area contributed by atoms with Crippen molar-refractivity contribution in [2.75, 3.05) is 13.1 Å². The van der Waals surface area contributed by atoms with Gasteiger partial charge in [-0.25, -0.2) is 8.42 Å². The quantitative estimate of drug-likeness (QED) is 0.841. The summed E-state index contributed by atoms with van der Waals surface area (Å²) in [6, 6.07) is 8.06. The number of hydrogen-bond acceptors (Lipinski definition) is 6. The second-order valence-corrected chi connectivity index (χ2v) is 8.19. The molecule has 1 aliphatic heterocycles. The van der Waals surface area contributed by atoms with Crippen LogP contribution in [0.5, 0.6) is 0 Å². The number of hydrogen-bond donors (Lipinski definition) is 0. The van der Waals surface area contributed by atoms with Gasteiger partial charge < -0.3 is 4.52 Å². The van der Waals surface area contributed by atoms with Crippen LogP contribution < -0.4 is 0 Å². The van der Waals surface area contributed by atoms with Gasteiger partial charge in [0.15, 0.2) is 5.82 Å². The lowest BCUT2D eigenvalue weighted by Crippen LogP contribution is -2.28. The Morgan fingerprint density at radius 1 is 1.25 bits per heavy atom. The molecule has 0 amide bonds. The topological polar surface area (TPSA) is 100 Å². The Hall–Kier alpha value is -2.24. The Balaban J connectivity index is 1.53. The molecule has 0 spiro atoms. The van der Waals surface area contributed by atoms with Crippen molar-refractivity contribution >= 4 is 10.0 Å². The highest BCUT2D eigenvalue weighted by Crippen LogP contribution is 2.39. The molecule has 8 heteroatoms. The molecule has 2 aliphatic rings. The van der Waals surface area contributed by atoms with Crippen LogP contribution in [0.2, 0.25) is 0 Å². The van der Waals surface area contributed by atoms with Crippen molar-refractivity contribution < 1.29 is 12.9 Å². The highest BCUT2D eigenvalue weighted by Gasteiger charge is 2.37. The van der Waals surface area contributed by atoms with E-state index in [0.717, 1.165) is 18.7 Å². The van der Waals surface area contributed by atoms with Crippen LogP contribution in [0, 0.1) is 11.3 Å². The first-order chi connectivity index (χ1) is 11.6. The molecule has 1 saturated carbocycles. The average molecular weight is 344 g/mol. The van der Waals surface area contributed by atoms with Gasteiger partial charge in [-0.1, -0.05) is 11.2 Å². The van der Waals surface area contributed by atoms with Crippen molar-refractivity contribution in [3.05, 3.63) is 41.5 Å². The third kappa shape index (κ3) is 2.70. The van der Waals surface area contributed by atoms with Crippen LogP contribution in [0.4, 0.5) is 0 Å². The summed E-state index contributed by atoms with van der Waals surface area (Å²) in [4.78, 5) is 4.57. The molecule has 1 atom stereocenters. The van der Waals surface area contributed by atoms with E-state index >= 15 is 0 Å². The van der Waals surface area contributed by atoms with Gasteiger partial charge in [0, 0.05) is 19.0 Å². The highest BCUT2D eigenvalue weighted by molar-refractivity contribution is 7.89. The van der Waals surface area contributed by atoms with Gasteiger partial charge in [-0.05, 0) is 37.5 Å². The first kappa shape index (κ1) is 15.3. The third-order valence-electron chi connectivity index (χ3n) is 4.50. The highest BCUT2D eigenvalue weighted by atomic mass is 32.2. The first-order valence-corrected chi connectivity index (χ1v) is 9.36. The van der Waals surface area contributed by atoms with Crippen LogP contribution in [0.1, 0.15) is 48.4 Å². The lowest BCUT2D eigenvalue weighted by atomic mass is 10.1. The molecule has 2 aromatic rings. The van der Waals surface area contributed by atoms with Crippen molar-refractivity contribution in [1.29, 1.82) is 5.26 Å². The summed E-state index contributed by atoms with van der Waals surface area (Å²) in [5.74, 6) is 1.62. The van der Waals surface area contributed by atoms with Crippen molar-refractivity contribution in [3.63, 3.8) is 0 Å². The minimum atomic E-state index is -3.62. The van der Waals surface area contributed by atoms with Gasteiger partial charge in [-0.15, -0.1) is 0 Å². The second-order valence-electron chi connectivity index (χ2n) is 6.25. The van der Waals surface area contributed by atoms with Gasteiger partial charge in [-0.3, -0.25) is 0 Å². The van der Waals surface area contributed by atoms with E-state index in [4.69, 9.17) is 9.78 Å². The summed E-state index contributed by atoms with van der Waals surface area (Å²) in [6.45, 7) is 0.732. The molecule has 0 bridgehead atoms. The van der Waals surface area contributed by atoms with Crippen LogP contribution in [-0.2, 0) is 10.0 Å². The fourth-order valence-corrected chi connectivity index (χ4v) is 4.49. The third-order valence-corrected chi connectivity index (χ3v) is 6.36. The zero-order valence-electron chi connectivity index (χ0n) is 12.9. The normalized spacial score (nSPS) is 21.7. The first-order valence-electron chi connectivity index (χ1n) is 7.92. The fraction of sp³-hybridized carbons (Fsp3) is 0.438. The van der Waals surface area contributed by atoms with E-state index in [-0.39, 0.29) is 10.8 Å². The molecule has 24 heavy (non-hydrogen) atoms. The lowest BCUT2D eigenvalue weighted by molar-refractivity contribution is 0.350. The van der Waals surface area contributed by atoms with Gasteiger partial charge in [0.2, 0.25) is 15.9 Å². The van der Waals surface area contributed by atoms with Gasteiger partial charge in [0.05, 0.1) is 22.4 Å². The maximum absolute atomic E-state index is 12.8. The fourth-order valence-electron chi connectivity index (χ4n) is 2.94. The lowest BCUT2D eigenvalue weighted by Gasteiger charge is -2.16. The van der Waals surface area contributed by atoms with E-state index in [1.165, 1.54) is 16.4 Å². The summed E-state index contributed by atoms with van der Waals surface area (Å²) in [5, 5.41) is 13.0. The van der Waals surface area contributed by atoms with E-state index in [1.807, 2.05) is 6.07 Å². The number of aromatic nitrogens is 2. The number of nitrogens with zero attached hydrogens (tertiary/aromatic N) is 4. The van der Waals surface area contributed by atoms with E-state index in [0.29, 0.717) is 36.9 Å². The van der Waals surface area contributed by atoms with Crippen molar-refractivity contribution in [3.8, 4) is 6.07 Å². The van der Waals surface area contributed by atoms with Crippen LogP contribution in [0.15, 0.2) is 33.7 Å². The Kier molecular flexibility index (Phi) is 3.62. The van der Waals surface area contributed by atoms with Crippen molar-refractivity contribution in [2.24, 2.45) is 0 Å². The number of rotatable bonds is 4. The molecular formula is C16H16N4O3S. The molecule has 1 aliphatic carbocycles. The number of nitriles is 1. The van der Waals surface area contributed by atoms with E-state index in [2.05, 4.69) is 10.1 Å². The Morgan fingerprint density at radius 2 is 2.08 bits per heavy atom. The Bertz CT molecular complexity index is 911. The number of sulfonamides is 1. The summed E-state index contributed by atoms with van der Waals surface area (Å²) < 4.78 is 32.3. The minimum Gasteiger partial charge on any atom is -0.339 e. The monoisotopic (exact) mass is 344 g/mol. The maximum atomic E-state index is 12.8. The predicted octanol–water partition coefficient (Wildman–Crippen LogP) is 2.00. The second kappa shape index (κ2) is 5.69. The molecule has 2 fully saturated rings. The molecule has 0 radical (unpaired) electrons. The zero-order valence-corrected chi connectivity index (χ0v) is 13.7. The molecule has 1 aromatic carbocycles. The molecule has 4 rings (SSSR count). The van der Waals surface area contributed by atoms with Crippen LogP contribution in [-0.4, -0.2) is 36.0 Å². The van der Waals surface area contributed by atoms with E-state index in [9.17, 15) is 8.42 Å². The smallest absolute Gasteiger partial charge is 0.243 e. The molecule has 7 nitrogen and oxygen atoms in total. The molecular weight excluding hydrogens is 328 g/mol. The summed E-state index contributed by atoms with van der Waals surface area (Å²) in [6.07, 6.45) is 2.85. The van der Waals surface area contributed by atoms with Crippen LogP contribution >= 0.6 is 0 Å². The van der Waals surface area contributed by atoms with Gasteiger partial charge in [0.1, 0.15) is 0 Å². The standard InChI is InChI=1S/C16H16N4O3S/c17-9-11-2-1-3-14(8-11)24(21,22)20-7-6-13(10-20)16-18-15(19-23-16)12-4-5-12/h1-3,8,12-13H,4-7,10H2/t13-/m0/s1. The Morgan fingerprint density at radius 3 is 2.83 bits per heavy atom. The SMILES string of the molecule is N#Cc1cccc(S(=O)(=O)N2CC[C@H](c3nc(C4CC4)no3)C2)c1. The van der Waals surface area contributed by atoms with Crippen LogP contribution in [0.25, 0.3) is 0 Å². The summed E-state index contributed by atoms with van der Waals surface area (Å²) in [7, 11) is -3.62. The van der Waals surface area contributed by atoms with E-state index < -0.39 is 10.0 Å². The van der Waals surface area contributed by atoms with Crippen LogP contribution in [0.3, 0.4) is 0 Å². The minimum absolute atomic E-state index is 0.0704. The molecule has 1 aromatic heterocycles. The summed E-state index contributed by atoms with van der Waals surface area (Å²) in [5.41, 5.74) is 0.331. The van der Waals surface area contributed by atoms with Crippen molar-refractivity contribution in [2.45, 2.75) is 36.0 Å². The molecule has 0 N–H and O–H groups in total. The van der Waals surface area contributed by atoms with E-state index in [1.54, 1.807) is 12.1 Å². The molecule has 2 heterocycles. The summed E-state index contributed by atoms with van der Waals surface area (Å²) >= 11 is 0. The average Bonchev–Trinajstić information content (AvgIpc) is 3.13. The number of benzene rings is 1. The van der Waals surface area contributed by atoms with Gasteiger partial charge in [-0.2, -0.15) is 14.6 Å². The van der Waals surface area contributed by atoms with Crippen molar-refractivity contribution in [1.82, 2.24) is 14.4 Å². The van der Waals surface area contributed by atoms with Gasteiger partial charge in [0.25, 0.3) is 0 Å². The maximum Gasteiger partial charge on any atom is 0.243 e. The zero-order chi connectivity index (χ0) is 16.7. The molecule has 1 saturated heterocycles. The molecule has 124 valence electrons. The van der Waals surface area contributed by atoms with Gasteiger partial charge >= 0.3 is 0 Å².